The summed E-state index contributed by atoms with van der Waals surface area (Å²) >= 11 is 0. The largest absolute Gasteiger partial charge is 0.497 e. The van der Waals surface area contributed by atoms with E-state index in [1.807, 2.05) is 0 Å². The summed E-state index contributed by atoms with van der Waals surface area (Å²) in [7, 11) is 4.68. The van der Waals surface area contributed by atoms with E-state index in [9.17, 15) is 5.11 Å². The van der Waals surface area contributed by atoms with Crippen LogP contribution in [0.1, 0.15) is 17.2 Å². The van der Waals surface area contributed by atoms with Crippen molar-refractivity contribution in [2.45, 2.75) is 6.10 Å². The van der Waals surface area contributed by atoms with Crippen LogP contribution >= 0.6 is 0 Å². The van der Waals surface area contributed by atoms with E-state index in [1.165, 1.54) is 0 Å². The van der Waals surface area contributed by atoms with Crippen LogP contribution < -0.4 is 14.2 Å². The molecule has 1 aromatic heterocycles. The van der Waals surface area contributed by atoms with Gasteiger partial charge < -0.3 is 19.3 Å². The number of methoxy groups -OCH3 is 3. The van der Waals surface area contributed by atoms with Crippen LogP contribution in [0.5, 0.6) is 17.4 Å². The summed E-state index contributed by atoms with van der Waals surface area (Å²) in [5.74, 6) is 1.74. The van der Waals surface area contributed by atoms with Crippen molar-refractivity contribution in [2.24, 2.45) is 0 Å². The predicted octanol–water partition coefficient (Wildman–Crippen LogP) is 2.19. The van der Waals surface area contributed by atoms with Gasteiger partial charge in [-0.3, -0.25) is 0 Å². The quantitative estimate of drug-likeness (QED) is 0.906. The molecule has 0 aliphatic carbocycles. The van der Waals surface area contributed by atoms with Gasteiger partial charge in [-0.2, -0.15) is 0 Å². The molecule has 0 aliphatic rings. The van der Waals surface area contributed by atoms with Crippen molar-refractivity contribution < 1.29 is 19.3 Å². The third kappa shape index (κ3) is 2.83. The van der Waals surface area contributed by atoms with Crippen molar-refractivity contribution in [1.29, 1.82) is 0 Å². The number of aliphatic hydroxyl groups excluding tert-OH is 1. The van der Waals surface area contributed by atoms with Crippen molar-refractivity contribution >= 4 is 0 Å². The van der Waals surface area contributed by atoms with Gasteiger partial charge in [0.1, 0.15) is 17.6 Å². The van der Waals surface area contributed by atoms with E-state index in [1.54, 1.807) is 57.9 Å². The molecule has 1 N–H and O–H groups in total. The van der Waals surface area contributed by atoms with Gasteiger partial charge in [0.2, 0.25) is 5.88 Å². The maximum Gasteiger partial charge on any atom is 0.212 e. The average molecular weight is 275 g/mol. The Morgan fingerprint density at radius 1 is 1.00 bits per heavy atom. The highest BCUT2D eigenvalue weighted by Gasteiger charge is 2.17. The number of rotatable bonds is 5. The van der Waals surface area contributed by atoms with Crippen molar-refractivity contribution in [3.63, 3.8) is 0 Å². The summed E-state index contributed by atoms with van der Waals surface area (Å²) in [6, 6.07) is 8.74. The first-order valence-corrected chi connectivity index (χ1v) is 6.09. The minimum absolute atomic E-state index is 0.499. The number of hydrogen-bond donors (Lipinski definition) is 1. The van der Waals surface area contributed by atoms with E-state index in [0.29, 0.717) is 28.5 Å². The van der Waals surface area contributed by atoms with Gasteiger partial charge in [-0.15, -0.1) is 0 Å². The number of aromatic nitrogens is 1. The minimum atomic E-state index is -0.849. The molecule has 5 heteroatoms. The third-order valence-electron chi connectivity index (χ3n) is 3.02. The molecule has 5 nitrogen and oxygen atoms in total. The number of aliphatic hydroxyl groups is 1. The molecule has 0 radical (unpaired) electrons. The van der Waals surface area contributed by atoms with Crippen LogP contribution in [0, 0.1) is 0 Å². The van der Waals surface area contributed by atoms with Gasteiger partial charge in [-0.05, 0) is 24.3 Å². The lowest BCUT2D eigenvalue weighted by Gasteiger charge is -2.16. The number of hydrogen-bond acceptors (Lipinski definition) is 5. The standard InChI is InChI=1S/C15H17NO4/c1-18-11-5-6-13(19-2)12(8-11)15(17)10-4-7-14(20-3)16-9-10/h4-9,15,17H,1-3H3. The zero-order chi connectivity index (χ0) is 14.5. The van der Waals surface area contributed by atoms with Gasteiger partial charge in [0.25, 0.3) is 0 Å². The van der Waals surface area contributed by atoms with Crippen LogP contribution in [0.15, 0.2) is 36.5 Å². The first kappa shape index (κ1) is 14.1. The molecular weight excluding hydrogens is 258 g/mol. The highest BCUT2D eigenvalue weighted by Crippen LogP contribution is 2.33. The Morgan fingerprint density at radius 3 is 2.35 bits per heavy atom. The second kappa shape index (κ2) is 6.25. The van der Waals surface area contributed by atoms with Crippen LogP contribution in [0.4, 0.5) is 0 Å². The number of benzene rings is 1. The molecule has 0 amide bonds. The van der Waals surface area contributed by atoms with Crippen LogP contribution in [0.3, 0.4) is 0 Å². The maximum atomic E-state index is 10.5. The smallest absolute Gasteiger partial charge is 0.212 e. The first-order valence-electron chi connectivity index (χ1n) is 6.09. The van der Waals surface area contributed by atoms with Crippen molar-refractivity contribution in [3.05, 3.63) is 47.7 Å². The normalized spacial score (nSPS) is 11.8. The maximum absolute atomic E-state index is 10.5. The Bertz CT molecular complexity index is 569. The summed E-state index contributed by atoms with van der Waals surface area (Å²) in [6.07, 6.45) is 0.723. The molecule has 0 saturated carbocycles. The van der Waals surface area contributed by atoms with E-state index in [0.717, 1.165) is 0 Å². The molecule has 1 aromatic carbocycles. The molecule has 0 saturated heterocycles. The summed E-state index contributed by atoms with van der Waals surface area (Å²) in [5, 5.41) is 10.5. The van der Waals surface area contributed by atoms with E-state index in [2.05, 4.69) is 4.98 Å². The average Bonchev–Trinajstić information content (AvgIpc) is 2.53. The van der Waals surface area contributed by atoms with E-state index in [4.69, 9.17) is 14.2 Å². The molecular formula is C15H17NO4. The zero-order valence-corrected chi connectivity index (χ0v) is 11.7. The molecule has 106 valence electrons. The molecule has 2 rings (SSSR count). The summed E-state index contributed by atoms with van der Waals surface area (Å²) in [6.45, 7) is 0. The van der Waals surface area contributed by atoms with Gasteiger partial charge in [0, 0.05) is 23.4 Å². The predicted molar refractivity (Wildman–Crippen MR) is 74.4 cm³/mol. The summed E-state index contributed by atoms with van der Waals surface area (Å²) in [4.78, 5) is 4.09. The lowest BCUT2D eigenvalue weighted by atomic mass is 10.0. The molecule has 0 bridgehead atoms. The van der Waals surface area contributed by atoms with Crippen LogP contribution in [-0.4, -0.2) is 31.4 Å². The fourth-order valence-electron chi connectivity index (χ4n) is 1.91. The van der Waals surface area contributed by atoms with Crippen molar-refractivity contribution in [3.8, 4) is 17.4 Å². The summed E-state index contributed by atoms with van der Waals surface area (Å²) in [5.41, 5.74) is 1.27. The molecule has 20 heavy (non-hydrogen) atoms. The second-order valence-electron chi connectivity index (χ2n) is 4.14. The van der Waals surface area contributed by atoms with Gasteiger partial charge >= 0.3 is 0 Å². The molecule has 0 spiro atoms. The highest BCUT2D eigenvalue weighted by molar-refractivity contribution is 5.44. The van der Waals surface area contributed by atoms with Crippen molar-refractivity contribution in [2.75, 3.05) is 21.3 Å². The number of pyridine rings is 1. The number of ether oxygens (including phenoxy) is 3. The monoisotopic (exact) mass is 275 g/mol. The van der Waals surface area contributed by atoms with Gasteiger partial charge in [0.15, 0.2) is 0 Å². The van der Waals surface area contributed by atoms with Crippen LogP contribution in [-0.2, 0) is 0 Å². The zero-order valence-electron chi connectivity index (χ0n) is 11.7. The highest BCUT2D eigenvalue weighted by atomic mass is 16.5. The van der Waals surface area contributed by atoms with Crippen molar-refractivity contribution in [1.82, 2.24) is 4.98 Å². The lowest BCUT2D eigenvalue weighted by molar-refractivity contribution is 0.213. The van der Waals surface area contributed by atoms with E-state index < -0.39 is 6.10 Å². The fourth-order valence-corrected chi connectivity index (χ4v) is 1.91. The Kier molecular flexibility index (Phi) is 4.42. The van der Waals surface area contributed by atoms with Gasteiger partial charge in [-0.25, -0.2) is 4.98 Å². The van der Waals surface area contributed by atoms with Crippen LogP contribution in [0.25, 0.3) is 0 Å². The van der Waals surface area contributed by atoms with Gasteiger partial charge in [0.05, 0.1) is 21.3 Å². The molecule has 1 heterocycles. The van der Waals surface area contributed by atoms with E-state index >= 15 is 0 Å². The Balaban J connectivity index is 2.37. The van der Waals surface area contributed by atoms with E-state index in [-0.39, 0.29) is 0 Å². The Morgan fingerprint density at radius 2 is 1.80 bits per heavy atom. The molecule has 1 unspecified atom stereocenters. The topological polar surface area (TPSA) is 60.8 Å². The molecule has 2 aromatic rings. The SMILES string of the molecule is COc1ccc(OC)c(C(O)c2ccc(OC)nc2)c1. The van der Waals surface area contributed by atoms with Gasteiger partial charge in [-0.1, -0.05) is 0 Å². The number of nitrogens with zero attached hydrogens (tertiary/aromatic N) is 1. The Hall–Kier alpha value is -2.27. The fraction of sp³-hybridized carbons (Fsp3) is 0.267. The second-order valence-corrected chi connectivity index (χ2v) is 4.14. The molecule has 0 aliphatic heterocycles. The third-order valence-corrected chi connectivity index (χ3v) is 3.02. The summed E-state index contributed by atoms with van der Waals surface area (Å²) < 4.78 is 15.4. The molecule has 0 fully saturated rings. The molecule has 1 atom stereocenters. The van der Waals surface area contributed by atoms with Crippen LogP contribution in [0.2, 0.25) is 0 Å². The first-order chi connectivity index (χ1) is 9.69. The minimum Gasteiger partial charge on any atom is -0.497 e. The Labute approximate surface area is 117 Å². The lowest BCUT2D eigenvalue weighted by Crippen LogP contribution is -2.03.